The molecule has 1 N–H and O–H groups in total. The lowest BCUT2D eigenvalue weighted by atomic mass is 10.1. The molecule has 4 heterocycles. The van der Waals surface area contributed by atoms with Crippen LogP contribution in [0.15, 0.2) is 42.9 Å². The summed E-state index contributed by atoms with van der Waals surface area (Å²) in [7, 11) is 3.59. The van der Waals surface area contributed by atoms with Crippen LogP contribution in [0, 0.1) is 6.92 Å². The van der Waals surface area contributed by atoms with Crippen molar-refractivity contribution in [2.24, 2.45) is 0 Å². The highest BCUT2D eigenvalue weighted by Crippen LogP contribution is 2.36. The number of rotatable bonds is 8. The maximum absolute atomic E-state index is 13.0. The van der Waals surface area contributed by atoms with Gasteiger partial charge in [-0.2, -0.15) is 13.2 Å². The van der Waals surface area contributed by atoms with Crippen molar-refractivity contribution in [3.63, 3.8) is 0 Å². The van der Waals surface area contributed by atoms with Crippen LogP contribution in [0.5, 0.6) is 5.75 Å². The van der Waals surface area contributed by atoms with Gasteiger partial charge in [-0.15, -0.1) is 11.3 Å². The number of nitrogens with one attached hydrogen (secondary N) is 1. The molecular weight excluding hydrogens is 513 g/mol. The Bertz CT molecular complexity index is 1410. The SMILES string of the molecule is COc1cncc(-c2ccc(CN[C@H]3CC[C@@H](N(C)c4nc(C)nc5sc(CC(F)(F)F)cc45)C3)cn2)c1. The molecule has 1 saturated carbocycles. The van der Waals surface area contributed by atoms with E-state index in [1.54, 1.807) is 32.5 Å². The fourth-order valence-electron chi connectivity index (χ4n) is 4.91. The van der Waals surface area contributed by atoms with Crippen LogP contribution in [0.4, 0.5) is 19.0 Å². The molecule has 1 aliphatic carbocycles. The molecule has 4 aromatic rings. The number of halogens is 3. The third-order valence-corrected chi connectivity index (χ3v) is 7.89. The van der Waals surface area contributed by atoms with Gasteiger partial charge in [-0.05, 0) is 49.9 Å². The summed E-state index contributed by atoms with van der Waals surface area (Å²) >= 11 is 1.09. The second-order valence-corrected chi connectivity index (χ2v) is 10.8. The van der Waals surface area contributed by atoms with E-state index in [-0.39, 0.29) is 10.9 Å². The minimum atomic E-state index is -4.25. The third-order valence-electron chi connectivity index (χ3n) is 6.86. The van der Waals surface area contributed by atoms with E-state index in [2.05, 4.69) is 36.2 Å². The number of pyridine rings is 2. The predicted molar refractivity (Wildman–Crippen MR) is 143 cm³/mol. The molecule has 38 heavy (non-hydrogen) atoms. The van der Waals surface area contributed by atoms with E-state index in [1.165, 1.54) is 0 Å². The van der Waals surface area contributed by atoms with E-state index >= 15 is 0 Å². The number of aromatic nitrogens is 4. The Hall–Kier alpha value is -3.31. The van der Waals surface area contributed by atoms with Crippen LogP contribution >= 0.6 is 11.3 Å². The lowest BCUT2D eigenvalue weighted by Crippen LogP contribution is -2.33. The van der Waals surface area contributed by atoms with Gasteiger partial charge >= 0.3 is 6.18 Å². The Balaban J connectivity index is 1.21. The summed E-state index contributed by atoms with van der Waals surface area (Å²) in [6.45, 7) is 2.48. The van der Waals surface area contributed by atoms with Gasteiger partial charge in [-0.1, -0.05) is 6.07 Å². The van der Waals surface area contributed by atoms with Gasteiger partial charge in [0.15, 0.2) is 0 Å². The first kappa shape index (κ1) is 26.3. The minimum absolute atomic E-state index is 0.233. The van der Waals surface area contributed by atoms with Crippen LogP contribution in [-0.4, -0.2) is 52.4 Å². The maximum atomic E-state index is 13.0. The molecular formula is C27H29F3N6OS. The molecule has 0 radical (unpaired) electrons. The number of methoxy groups -OCH3 is 1. The van der Waals surface area contributed by atoms with Gasteiger partial charge in [0.05, 0.1) is 30.8 Å². The van der Waals surface area contributed by atoms with Crippen LogP contribution < -0.4 is 15.0 Å². The lowest BCUT2D eigenvalue weighted by Gasteiger charge is -2.26. The highest BCUT2D eigenvalue weighted by atomic mass is 32.1. The summed E-state index contributed by atoms with van der Waals surface area (Å²) in [5, 5.41) is 4.33. The summed E-state index contributed by atoms with van der Waals surface area (Å²) in [5.41, 5.74) is 2.82. The smallest absolute Gasteiger partial charge is 0.393 e. The molecule has 0 saturated heterocycles. The molecule has 11 heteroatoms. The quantitative estimate of drug-likeness (QED) is 0.305. The summed E-state index contributed by atoms with van der Waals surface area (Å²) in [6, 6.07) is 8.10. The van der Waals surface area contributed by atoms with Gasteiger partial charge in [-0.25, -0.2) is 9.97 Å². The van der Waals surface area contributed by atoms with Crippen molar-refractivity contribution in [2.75, 3.05) is 19.1 Å². The number of hydrogen-bond donors (Lipinski definition) is 1. The standard InChI is InChI=1S/C27H29F3N6OS/c1-16-34-25(23-10-22(11-27(28,29)30)38-26(23)35-16)36(2)20-6-5-19(9-20)32-12-17-4-7-24(33-13-17)18-8-21(37-3)15-31-14-18/h4,7-8,10,13-15,19-20,32H,5-6,9,11-12H2,1-3H3/t19-,20+/m0/s1. The Kier molecular flexibility index (Phi) is 7.49. The van der Waals surface area contributed by atoms with E-state index < -0.39 is 12.6 Å². The molecule has 2 atom stereocenters. The molecule has 0 aliphatic heterocycles. The number of nitrogens with zero attached hydrogens (tertiary/aromatic N) is 5. The molecule has 0 unspecified atom stereocenters. The zero-order valence-electron chi connectivity index (χ0n) is 21.4. The number of aryl methyl sites for hydroxylation is 1. The monoisotopic (exact) mass is 542 g/mol. The van der Waals surface area contributed by atoms with E-state index in [9.17, 15) is 13.2 Å². The molecule has 0 aromatic carbocycles. The van der Waals surface area contributed by atoms with Crippen LogP contribution in [-0.2, 0) is 13.0 Å². The molecule has 200 valence electrons. The second-order valence-electron chi connectivity index (χ2n) is 9.64. The highest BCUT2D eigenvalue weighted by Gasteiger charge is 2.31. The van der Waals surface area contributed by atoms with Crippen LogP contribution in [0.2, 0.25) is 0 Å². The van der Waals surface area contributed by atoms with E-state index in [0.717, 1.165) is 47.4 Å². The molecule has 0 spiro atoms. The van der Waals surface area contributed by atoms with Crippen LogP contribution in [0.3, 0.4) is 0 Å². The average Bonchev–Trinajstić information content (AvgIpc) is 3.52. The first-order valence-corrected chi connectivity index (χ1v) is 13.2. The first-order chi connectivity index (χ1) is 18.2. The summed E-state index contributed by atoms with van der Waals surface area (Å²) in [4.78, 5) is 20.8. The molecule has 1 fully saturated rings. The lowest BCUT2D eigenvalue weighted by molar-refractivity contribution is -0.126. The molecule has 5 rings (SSSR count). The maximum Gasteiger partial charge on any atom is 0.393 e. The Morgan fingerprint density at radius 2 is 1.97 bits per heavy atom. The van der Waals surface area contributed by atoms with Gasteiger partial charge in [0, 0.05) is 48.5 Å². The molecule has 1 aliphatic rings. The zero-order valence-corrected chi connectivity index (χ0v) is 22.2. The third kappa shape index (κ3) is 6.05. The van der Waals surface area contributed by atoms with Gasteiger partial charge in [-0.3, -0.25) is 9.97 Å². The number of anilines is 1. The fraction of sp³-hybridized carbons (Fsp3) is 0.407. The summed E-state index contributed by atoms with van der Waals surface area (Å²) in [6.07, 6.45) is 2.99. The van der Waals surface area contributed by atoms with Crippen molar-refractivity contribution < 1.29 is 17.9 Å². The highest BCUT2D eigenvalue weighted by molar-refractivity contribution is 7.18. The topological polar surface area (TPSA) is 76.1 Å². The van der Waals surface area contributed by atoms with Crippen molar-refractivity contribution in [1.29, 1.82) is 0 Å². The first-order valence-electron chi connectivity index (χ1n) is 12.4. The van der Waals surface area contributed by atoms with Gasteiger partial charge < -0.3 is 15.0 Å². The second kappa shape index (κ2) is 10.8. The molecule has 4 aromatic heterocycles. The minimum Gasteiger partial charge on any atom is -0.495 e. The van der Waals surface area contributed by atoms with Crippen molar-refractivity contribution in [2.45, 2.75) is 57.4 Å². The van der Waals surface area contributed by atoms with E-state index in [0.29, 0.717) is 40.2 Å². The van der Waals surface area contributed by atoms with E-state index in [1.807, 2.05) is 25.4 Å². The van der Waals surface area contributed by atoms with E-state index in [4.69, 9.17) is 4.74 Å². The fourth-order valence-corrected chi connectivity index (χ4v) is 6.01. The van der Waals surface area contributed by atoms with Crippen molar-refractivity contribution in [3.8, 4) is 17.0 Å². The van der Waals surface area contributed by atoms with Gasteiger partial charge in [0.2, 0.25) is 0 Å². The average molecular weight is 543 g/mol. The largest absolute Gasteiger partial charge is 0.495 e. The number of thiophene rings is 1. The molecule has 0 bridgehead atoms. The number of alkyl halides is 3. The summed E-state index contributed by atoms with van der Waals surface area (Å²) < 4.78 is 44.1. The number of hydrogen-bond acceptors (Lipinski definition) is 8. The predicted octanol–water partition coefficient (Wildman–Crippen LogP) is 5.72. The number of fused-ring (bicyclic) bond motifs is 1. The Morgan fingerprint density at radius 3 is 2.71 bits per heavy atom. The number of ether oxygens (including phenoxy) is 1. The van der Waals surface area contributed by atoms with Crippen molar-refractivity contribution in [1.82, 2.24) is 25.3 Å². The van der Waals surface area contributed by atoms with Gasteiger partial charge in [0.1, 0.15) is 22.2 Å². The van der Waals surface area contributed by atoms with Crippen molar-refractivity contribution >= 4 is 27.4 Å². The summed E-state index contributed by atoms with van der Waals surface area (Å²) in [5.74, 6) is 1.96. The molecule has 7 nitrogen and oxygen atoms in total. The van der Waals surface area contributed by atoms with Crippen LogP contribution in [0.1, 0.15) is 35.5 Å². The van der Waals surface area contributed by atoms with Crippen LogP contribution in [0.25, 0.3) is 21.5 Å². The zero-order chi connectivity index (χ0) is 26.9. The van der Waals surface area contributed by atoms with Gasteiger partial charge in [0.25, 0.3) is 0 Å². The Morgan fingerprint density at radius 1 is 1.13 bits per heavy atom. The molecule has 0 amide bonds. The normalized spacial score (nSPS) is 17.7. The Labute approximate surface area is 223 Å². The van der Waals surface area contributed by atoms with Crippen molar-refractivity contribution in [3.05, 3.63) is 59.1 Å².